The van der Waals surface area contributed by atoms with Crippen LogP contribution in [0.3, 0.4) is 0 Å². The first-order valence-electron chi connectivity index (χ1n) is 5.08. The highest BCUT2D eigenvalue weighted by Gasteiger charge is 2.14. The van der Waals surface area contributed by atoms with E-state index < -0.39 is 17.3 Å². The molecular formula is C12H10N2O4. The summed E-state index contributed by atoms with van der Waals surface area (Å²) in [7, 11) is 1.20. The molecule has 2 heterocycles. The highest BCUT2D eigenvalue weighted by molar-refractivity contribution is 5.91. The number of nitrogens with zero attached hydrogens (tertiary/aromatic N) is 2. The molecular weight excluding hydrogens is 236 g/mol. The summed E-state index contributed by atoms with van der Waals surface area (Å²) in [6.45, 7) is 0. The zero-order chi connectivity index (χ0) is 13.1. The van der Waals surface area contributed by atoms with Gasteiger partial charge in [-0.1, -0.05) is 0 Å². The van der Waals surface area contributed by atoms with Crippen LogP contribution < -0.4 is 5.56 Å². The van der Waals surface area contributed by atoms with E-state index in [1.54, 1.807) is 18.3 Å². The summed E-state index contributed by atoms with van der Waals surface area (Å²) < 4.78 is 5.73. The quantitative estimate of drug-likeness (QED) is 0.790. The number of pyridine rings is 2. The molecule has 0 radical (unpaired) electrons. The fourth-order valence-corrected chi connectivity index (χ4v) is 1.49. The van der Waals surface area contributed by atoms with Crippen LogP contribution in [0, 0.1) is 0 Å². The molecule has 6 heteroatoms. The van der Waals surface area contributed by atoms with E-state index in [1.165, 1.54) is 24.1 Å². The van der Waals surface area contributed by atoms with Gasteiger partial charge in [-0.2, -0.15) is 0 Å². The average molecular weight is 246 g/mol. The van der Waals surface area contributed by atoms with Gasteiger partial charge in [0.1, 0.15) is 11.3 Å². The second-order valence-corrected chi connectivity index (χ2v) is 3.48. The Morgan fingerprint density at radius 1 is 1.50 bits per heavy atom. The summed E-state index contributed by atoms with van der Waals surface area (Å²) in [6.07, 6.45) is 4.26. The fraction of sp³-hybridized carbons (Fsp3) is 0.0833. The Balaban J connectivity index is 2.63. The number of carbonyl (C=O) groups is 1. The average Bonchev–Trinajstić information content (AvgIpc) is 2.39. The molecule has 0 atom stereocenters. The molecule has 0 saturated carbocycles. The molecule has 2 rings (SSSR count). The maximum atomic E-state index is 11.7. The highest BCUT2D eigenvalue weighted by atomic mass is 16.5. The molecule has 92 valence electrons. The van der Waals surface area contributed by atoms with Gasteiger partial charge in [-0.05, 0) is 12.1 Å². The third-order valence-corrected chi connectivity index (χ3v) is 2.36. The summed E-state index contributed by atoms with van der Waals surface area (Å²) in [5.74, 6) is -1.13. The third kappa shape index (κ3) is 2.08. The number of aromatic nitrogens is 2. The van der Waals surface area contributed by atoms with Crippen molar-refractivity contribution >= 4 is 5.97 Å². The number of carbonyl (C=O) groups excluding carboxylic acids is 1. The van der Waals surface area contributed by atoms with E-state index in [-0.39, 0.29) is 5.56 Å². The minimum absolute atomic E-state index is 0.0825. The molecule has 0 aromatic carbocycles. The van der Waals surface area contributed by atoms with Gasteiger partial charge in [0, 0.05) is 18.5 Å². The van der Waals surface area contributed by atoms with Gasteiger partial charge in [0.2, 0.25) is 0 Å². The summed E-state index contributed by atoms with van der Waals surface area (Å²) in [5, 5.41) is 9.53. The van der Waals surface area contributed by atoms with Crippen molar-refractivity contribution in [1.82, 2.24) is 9.55 Å². The van der Waals surface area contributed by atoms with Gasteiger partial charge in [0.15, 0.2) is 0 Å². The number of esters is 1. The van der Waals surface area contributed by atoms with Gasteiger partial charge in [-0.25, -0.2) is 4.79 Å². The van der Waals surface area contributed by atoms with E-state index in [2.05, 4.69) is 9.72 Å². The molecule has 6 nitrogen and oxygen atoms in total. The third-order valence-electron chi connectivity index (χ3n) is 2.36. The Hall–Kier alpha value is -2.63. The predicted molar refractivity (Wildman–Crippen MR) is 62.8 cm³/mol. The molecule has 0 bridgehead atoms. The summed E-state index contributed by atoms with van der Waals surface area (Å²) in [5.41, 5.74) is -0.0539. The van der Waals surface area contributed by atoms with Crippen molar-refractivity contribution in [3.05, 3.63) is 52.7 Å². The number of methoxy groups -OCH3 is 1. The van der Waals surface area contributed by atoms with Crippen molar-refractivity contribution in [2.45, 2.75) is 0 Å². The molecule has 0 amide bonds. The summed E-state index contributed by atoms with van der Waals surface area (Å²) in [6, 6.07) is 4.28. The maximum absolute atomic E-state index is 11.7. The number of rotatable bonds is 2. The van der Waals surface area contributed by atoms with Gasteiger partial charge in [-0.15, -0.1) is 0 Å². The second-order valence-electron chi connectivity index (χ2n) is 3.48. The van der Waals surface area contributed by atoms with E-state index in [0.29, 0.717) is 5.69 Å². The van der Waals surface area contributed by atoms with Crippen LogP contribution in [0.15, 0.2) is 41.6 Å². The lowest BCUT2D eigenvalue weighted by Gasteiger charge is -2.08. The predicted octanol–water partition coefficient (Wildman–Crippen LogP) is 0.725. The molecule has 0 saturated heterocycles. The Bertz CT molecular complexity index is 634. The smallest absolute Gasteiger partial charge is 0.343 e. The second kappa shape index (κ2) is 4.70. The molecule has 0 unspecified atom stereocenters. The highest BCUT2D eigenvalue weighted by Crippen LogP contribution is 2.16. The zero-order valence-corrected chi connectivity index (χ0v) is 9.53. The van der Waals surface area contributed by atoms with Crippen LogP contribution in [0.5, 0.6) is 5.75 Å². The number of hydrogen-bond acceptors (Lipinski definition) is 5. The van der Waals surface area contributed by atoms with Crippen LogP contribution in [0.4, 0.5) is 0 Å². The van der Waals surface area contributed by atoms with E-state index in [1.807, 2.05) is 0 Å². The monoisotopic (exact) mass is 246 g/mol. The van der Waals surface area contributed by atoms with Crippen molar-refractivity contribution in [2.75, 3.05) is 7.11 Å². The van der Waals surface area contributed by atoms with Gasteiger partial charge in [0.25, 0.3) is 5.56 Å². The van der Waals surface area contributed by atoms with Gasteiger partial charge < -0.3 is 9.84 Å². The van der Waals surface area contributed by atoms with Crippen LogP contribution in [0.25, 0.3) is 5.69 Å². The standard InChI is InChI=1S/C12H10N2O4/c1-18-12(17)9-7-14(11(16)5-10(9)15)8-3-2-4-13-6-8/h2-7,15H,1H3. The molecule has 18 heavy (non-hydrogen) atoms. The van der Waals surface area contributed by atoms with Crippen LogP contribution in [-0.4, -0.2) is 27.7 Å². The van der Waals surface area contributed by atoms with Crippen molar-refractivity contribution in [3.8, 4) is 11.4 Å². The number of aromatic hydroxyl groups is 1. The zero-order valence-electron chi connectivity index (χ0n) is 9.53. The van der Waals surface area contributed by atoms with E-state index in [0.717, 1.165) is 6.07 Å². The molecule has 0 spiro atoms. The Kier molecular flexibility index (Phi) is 3.09. The van der Waals surface area contributed by atoms with Crippen molar-refractivity contribution in [3.63, 3.8) is 0 Å². The Morgan fingerprint density at radius 2 is 2.28 bits per heavy atom. The lowest BCUT2D eigenvalue weighted by molar-refractivity contribution is 0.0596. The van der Waals surface area contributed by atoms with Gasteiger partial charge >= 0.3 is 5.97 Å². The lowest BCUT2D eigenvalue weighted by atomic mass is 10.2. The molecule has 0 aliphatic heterocycles. The number of hydrogen-bond donors (Lipinski definition) is 1. The summed E-state index contributed by atoms with van der Waals surface area (Å²) >= 11 is 0. The minimum Gasteiger partial charge on any atom is -0.507 e. The van der Waals surface area contributed by atoms with Crippen LogP contribution in [0.1, 0.15) is 10.4 Å². The van der Waals surface area contributed by atoms with Crippen molar-refractivity contribution in [1.29, 1.82) is 0 Å². The Morgan fingerprint density at radius 3 is 2.89 bits per heavy atom. The van der Waals surface area contributed by atoms with Gasteiger partial charge in [0.05, 0.1) is 19.0 Å². The van der Waals surface area contributed by atoms with E-state index in [4.69, 9.17) is 0 Å². The van der Waals surface area contributed by atoms with Crippen LogP contribution >= 0.6 is 0 Å². The van der Waals surface area contributed by atoms with E-state index >= 15 is 0 Å². The minimum atomic E-state index is -0.717. The summed E-state index contributed by atoms with van der Waals surface area (Å²) in [4.78, 5) is 27.0. The van der Waals surface area contributed by atoms with E-state index in [9.17, 15) is 14.7 Å². The molecule has 1 N–H and O–H groups in total. The topological polar surface area (TPSA) is 81.4 Å². The first kappa shape index (κ1) is 11.8. The molecule has 0 aliphatic rings. The fourth-order valence-electron chi connectivity index (χ4n) is 1.49. The maximum Gasteiger partial charge on any atom is 0.343 e. The normalized spacial score (nSPS) is 10.1. The first-order chi connectivity index (χ1) is 8.63. The molecule has 0 aliphatic carbocycles. The van der Waals surface area contributed by atoms with Gasteiger partial charge in [-0.3, -0.25) is 14.3 Å². The molecule has 2 aromatic heterocycles. The van der Waals surface area contributed by atoms with Crippen molar-refractivity contribution in [2.24, 2.45) is 0 Å². The Labute approximate surface area is 102 Å². The SMILES string of the molecule is COC(=O)c1cn(-c2cccnc2)c(=O)cc1O. The van der Waals surface area contributed by atoms with Crippen molar-refractivity contribution < 1.29 is 14.6 Å². The first-order valence-corrected chi connectivity index (χ1v) is 5.08. The number of ether oxygens (including phenoxy) is 1. The molecule has 2 aromatic rings. The lowest BCUT2D eigenvalue weighted by Crippen LogP contribution is -2.19. The molecule has 0 fully saturated rings. The van der Waals surface area contributed by atoms with Crippen LogP contribution in [-0.2, 0) is 4.74 Å². The van der Waals surface area contributed by atoms with Crippen LogP contribution in [0.2, 0.25) is 0 Å². The largest absolute Gasteiger partial charge is 0.507 e.